The van der Waals surface area contributed by atoms with Crippen LogP contribution in [0.2, 0.25) is 5.02 Å². The average molecular weight is 452 g/mol. The molecule has 0 radical (unpaired) electrons. The minimum Gasteiger partial charge on any atom is -0.461 e. The standard InChI is InChI=1S/C20H14ClN7O2S/c21-13-3-5-14(6-4-13)28-19(16-2-1-11-30-16)25-26-20(28)31-12-17(29)24-18-15-7-8-23-27(15)10-9-22-18/h1-11H,12H2,(H,22,24,29). The Kier molecular flexibility index (Phi) is 5.14. The number of furan rings is 1. The molecule has 0 saturated carbocycles. The Bertz CT molecular complexity index is 1350. The molecule has 0 bridgehead atoms. The van der Waals surface area contributed by atoms with Gasteiger partial charge >= 0.3 is 0 Å². The Morgan fingerprint density at radius 2 is 2.00 bits per heavy atom. The van der Waals surface area contributed by atoms with Crippen molar-refractivity contribution in [2.24, 2.45) is 0 Å². The minimum absolute atomic E-state index is 0.112. The third-order valence-electron chi connectivity index (χ3n) is 4.37. The number of aromatic nitrogens is 6. The van der Waals surface area contributed by atoms with Crippen LogP contribution < -0.4 is 5.32 Å². The second-order valence-corrected chi connectivity index (χ2v) is 7.75. The molecule has 0 fully saturated rings. The number of rotatable bonds is 6. The third kappa shape index (κ3) is 3.90. The van der Waals surface area contributed by atoms with Crippen molar-refractivity contribution in [1.82, 2.24) is 29.4 Å². The molecule has 0 unspecified atom stereocenters. The summed E-state index contributed by atoms with van der Waals surface area (Å²) in [6, 6.07) is 12.6. The smallest absolute Gasteiger partial charge is 0.236 e. The molecule has 1 aromatic carbocycles. The van der Waals surface area contributed by atoms with Crippen LogP contribution in [0.1, 0.15) is 0 Å². The number of halogens is 1. The molecule has 0 atom stereocenters. The van der Waals surface area contributed by atoms with E-state index in [1.54, 1.807) is 59.7 Å². The van der Waals surface area contributed by atoms with Crippen molar-refractivity contribution < 1.29 is 9.21 Å². The van der Waals surface area contributed by atoms with Gasteiger partial charge in [-0.2, -0.15) is 5.10 Å². The van der Waals surface area contributed by atoms with Crippen molar-refractivity contribution in [3.63, 3.8) is 0 Å². The van der Waals surface area contributed by atoms with E-state index in [1.165, 1.54) is 11.8 Å². The van der Waals surface area contributed by atoms with Gasteiger partial charge < -0.3 is 9.73 Å². The van der Waals surface area contributed by atoms with Crippen molar-refractivity contribution in [3.05, 3.63) is 72.3 Å². The lowest BCUT2D eigenvalue weighted by Crippen LogP contribution is -2.16. The molecule has 154 valence electrons. The highest BCUT2D eigenvalue weighted by atomic mass is 35.5. The molecule has 0 saturated heterocycles. The Morgan fingerprint density at radius 1 is 1.13 bits per heavy atom. The summed E-state index contributed by atoms with van der Waals surface area (Å²) in [4.78, 5) is 16.8. The lowest BCUT2D eigenvalue weighted by Gasteiger charge is -2.09. The number of anilines is 1. The molecule has 5 rings (SSSR count). The first-order valence-electron chi connectivity index (χ1n) is 9.15. The number of nitrogens with one attached hydrogen (secondary N) is 1. The fraction of sp³-hybridized carbons (Fsp3) is 0.0500. The summed E-state index contributed by atoms with van der Waals surface area (Å²) < 4.78 is 8.97. The van der Waals surface area contributed by atoms with E-state index in [9.17, 15) is 4.79 Å². The molecule has 5 aromatic rings. The van der Waals surface area contributed by atoms with E-state index < -0.39 is 0 Å². The number of carbonyl (C=O) groups excluding carboxylic acids is 1. The van der Waals surface area contributed by atoms with Crippen LogP contribution in [-0.2, 0) is 4.79 Å². The predicted molar refractivity (Wildman–Crippen MR) is 116 cm³/mol. The molecule has 4 heterocycles. The third-order valence-corrected chi connectivity index (χ3v) is 5.56. The van der Waals surface area contributed by atoms with Gasteiger partial charge in [-0.25, -0.2) is 9.50 Å². The number of carbonyl (C=O) groups is 1. The van der Waals surface area contributed by atoms with Crippen LogP contribution in [0.3, 0.4) is 0 Å². The zero-order chi connectivity index (χ0) is 21.2. The fourth-order valence-electron chi connectivity index (χ4n) is 3.00. The molecule has 9 nitrogen and oxygen atoms in total. The van der Waals surface area contributed by atoms with Crippen LogP contribution in [0.4, 0.5) is 5.82 Å². The summed E-state index contributed by atoms with van der Waals surface area (Å²) in [5.74, 6) is 1.43. The zero-order valence-electron chi connectivity index (χ0n) is 15.8. The molecule has 1 N–H and O–H groups in total. The van der Waals surface area contributed by atoms with E-state index in [4.69, 9.17) is 16.0 Å². The Labute approximate surface area is 185 Å². The Morgan fingerprint density at radius 3 is 2.81 bits per heavy atom. The highest BCUT2D eigenvalue weighted by Gasteiger charge is 2.19. The van der Waals surface area contributed by atoms with Gasteiger partial charge in [0.1, 0.15) is 5.52 Å². The van der Waals surface area contributed by atoms with Gasteiger partial charge in [-0.3, -0.25) is 9.36 Å². The first kappa shape index (κ1) is 19.3. The molecule has 31 heavy (non-hydrogen) atoms. The van der Waals surface area contributed by atoms with Crippen LogP contribution in [-0.4, -0.2) is 41.0 Å². The summed E-state index contributed by atoms with van der Waals surface area (Å²) >= 11 is 7.29. The summed E-state index contributed by atoms with van der Waals surface area (Å²) in [6.45, 7) is 0. The molecule has 0 aliphatic rings. The van der Waals surface area contributed by atoms with E-state index in [1.807, 2.05) is 16.7 Å². The molecular formula is C20H14ClN7O2S. The predicted octanol–water partition coefficient (Wildman–Crippen LogP) is 3.95. The largest absolute Gasteiger partial charge is 0.461 e. The zero-order valence-corrected chi connectivity index (χ0v) is 17.4. The normalized spacial score (nSPS) is 11.1. The fourth-order valence-corrected chi connectivity index (χ4v) is 3.88. The molecular weight excluding hydrogens is 438 g/mol. The maximum atomic E-state index is 12.6. The summed E-state index contributed by atoms with van der Waals surface area (Å²) in [5, 5.41) is 16.6. The molecule has 11 heteroatoms. The average Bonchev–Trinajstić information content (AvgIpc) is 3.53. The SMILES string of the molecule is O=C(CSc1nnc(-c2ccco2)n1-c1ccc(Cl)cc1)Nc1nccn2nccc12. The van der Waals surface area contributed by atoms with Gasteiger partial charge in [0.2, 0.25) is 11.7 Å². The van der Waals surface area contributed by atoms with Crippen molar-refractivity contribution in [1.29, 1.82) is 0 Å². The van der Waals surface area contributed by atoms with E-state index in [2.05, 4.69) is 25.6 Å². The van der Waals surface area contributed by atoms with E-state index in [-0.39, 0.29) is 11.7 Å². The van der Waals surface area contributed by atoms with E-state index >= 15 is 0 Å². The van der Waals surface area contributed by atoms with E-state index in [0.29, 0.717) is 33.1 Å². The number of nitrogens with zero attached hydrogens (tertiary/aromatic N) is 6. The van der Waals surface area contributed by atoms with Gasteiger partial charge in [0.25, 0.3) is 0 Å². The van der Waals surface area contributed by atoms with Gasteiger partial charge in [-0.1, -0.05) is 23.4 Å². The van der Waals surface area contributed by atoms with Crippen LogP contribution >= 0.6 is 23.4 Å². The molecule has 0 spiro atoms. The monoisotopic (exact) mass is 451 g/mol. The first-order valence-corrected chi connectivity index (χ1v) is 10.5. The van der Waals surface area contributed by atoms with Gasteiger partial charge in [0, 0.05) is 23.1 Å². The van der Waals surface area contributed by atoms with Crippen molar-refractivity contribution in [3.8, 4) is 17.3 Å². The molecule has 1 amide bonds. The highest BCUT2D eigenvalue weighted by Crippen LogP contribution is 2.29. The molecule has 4 aromatic heterocycles. The van der Waals surface area contributed by atoms with Gasteiger partial charge in [0.15, 0.2) is 16.7 Å². The van der Waals surface area contributed by atoms with Crippen molar-refractivity contribution in [2.45, 2.75) is 5.16 Å². The number of amides is 1. The van der Waals surface area contributed by atoms with Crippen LogP contribution in [0.15, 0.2) is 76.9 Å². The summed E-state index contributed by atoms with van der Waals surface area (Å²) in [7, 11) is 0. The van der Waals surface area contributed by atoms with Gasteiger partial charge in [-0.15, -0.1) is 10.2 Å². The molecule has 0 aliphatic carbocycles. The molecule has 0 aliphatic heterocycles. The number of hydrogen-bond acceptors (Lipinski definition) is 7. The Balaban J connectivity index is 1.39. The van der Waals surface area contributed by atoms with Crippen molar-refractivity contribution >= 4 is 40.6 Å². The number of hydrogen-bond donors (Lipinski definition) is 1. The lowest BCUT2D eigenvalue weighted by atomic mass is 10.3. The number of fused-ring (bicyclic) bond motifs is 1. The minimum atomic E-state index is -0.225. The van der Waals surface area contributed by atoms with E-state index in [0.717, 1.165) is 5.69 Å². The summed E-state index contributed by atoms with van der Waals surface area (Å²) in [6.07, 6.45) is 6.51. The number of thioether (sulfide) groups is 1. The quantitative estimate of drug-likeness (QED) is 0.390. The highest BCUT2D eigenvalue weighted by molar-refractivity contribution is 7.99. The number of benzene rings is 1. The second-order valence-electron chi connectivity index (χ2n) is 6.37. The van der Waals surface area contributed by atoms with Crippen LogP contribution in [0, 0.1) is 0 Å². The van der Waals surface area contributed by atoms with Crippen LogP contribution in [0.5, 0.6) is 0 Å². The maximum absolute atomic E-state index is 12.6. The maximum Gasteiger partial charge on any atom is 0.236 e. The van der Waals surface area contributed by atoms with Crippen LogP contribution in [0.25, 0.3) is 22.8 Å². The first-order chi connectivity index (χ1) is 15.2. The summed E-state index contributed by atoms with van der Waals surface area (Å²) in [5.41, 5.74) is 1.51. The topological polar surface area (TPSA) is 103 Å². The lowest BCUT2D eigenvalue weighted by molar-refractivity contribution is -0.113. The van der Waals surface area contributed by atoms with Gasteiger partial charge in [0.05, 0.1) is 18.2 Å². The Hall–Kier alpha value is -3.63. The van der Waals surface area contributed by atoms with Gasteiger partial charge in [-0.05, 0) is 42.5 Å². The second kappa shape index (κ2) is 8.25. The van der Waals surface area contributed by atoms with Crippen molar-refractivity contribution in [2.75, 3.05) is 11.1 Å².